The Bertz CT molecular complexity index is 1250. The van der Waals surface area contributed by atoms with E-state index in [1.54, 1.807) is 43.3 Å². The molecular formula is C25H21ClN2O5. The van der Waals surface area contributed by atoms with E-state index in [0.29, 0.717) is 27.5 Å². The third-order valence-corrected chi connectivity index (χ3v) is 6.58. The number of imide groups is 1. The Hall–Kier alpha value is -3.55. The number of phenolic OH excluding ortho intramolecular Hbond substituents is 1. The lowest BCUT2D eigenvalue weighted by Crippen LogP contribution is -2.37. The Balaban J connectivity index is 1.64. The maximum Gasteiger partial charge on any atom is 0.266 e. The molecule has 2 saturated heterocycles. The molecule has 0 aromatic heterocycles. The number of anilines is 2. The van der Waals surface area contributed by atoms with Crippen LogP contribution in [0.4, 0.5) is 11.4 Å². The fraction of sp³-hybridized carbons (Fsp3) is 0.200. The predicted octanol–water partition coefficient (Wildman–Crippen LogP) is 4.41. The van der Waals surface area contributed by atoms with Gasteiger partial charge in [-0.3, -0.25) is 14.4 Å². The zero-order valence-corrected chi connectivity index (χ0v) is 18.7. The predicted molar refractivity (Wildman–Crippen MR) is 123 cm³/mol. The summed E-state index contributed by atoms with van der Waals surface area (Å²) in [5.74, 6) is -1.60. The Morgan fingerprint density at radius 1 is 0.970 bits per heavy atom. The lowest BCUT2D eigenvalue weighted by molar-refractivity contribution is -0.126. The first-order chi connectivity index (χ1) is 15.9. The zero-order chi connectivity index (χ0) is 23.3. The Kier molecular flexibility index (Phi) is 5.23. The van der Waals surface area contributed by atoms with E-state index >= 15 is 0 Å². The van der Waals surface area contributed by atoms with Crippen molar-refractivity contribution in [2.45, 2.75) is 19.1 Å². The summed E-state index contributed by atoms with van der Waals surface area (Å²) < 4.78 is 5.28. The number of benzene rings is 3. The van der Waals surface area contributed by atoms with Crippen molar-refractivity contribution in [1.82, 2.24) is 0 Å². The van der Waals surface area contributed by atoms with Gasteiger partial charge in [-0.2, -0.15) is 0 Å². The minimum atomic E-state index is -1.05. The molecule has 3 aromatic carbocycles. The molecule has 0 bridgehead atoms. The lowest BCUT2D eigenvalue weighted by Gasteiger charge is -2.29. The van der Waals surface area contributed by atoms with Crippen LogP contribution in [0.3, 0.4) is 0 Å². The van der Waals surface area contributed by atoms with Crippen LogP contribution in [-0.2, 0) is 14.4 Å². The normalized spacial score (nSPS) is 22.1. The van der Waals surface area contributed by atoms with Crippen molar-refractivity contribution in [2.75, 3.05) is 17.1 Å². The summed E-state index contributed by atoms with van der Waals surface area (Å²) in [6, 6.07) is 18.6. The number of amides is 2. The van der Waals surface area contributed by atoms with E-state index in [1.807, 2.05) is 30.3 Å². The molecule has 3 aromatic rings. The number of para-hydroxylation sites is 2. The topological polar surface area (TPSA) is 79.3 Å². The van der Waals surface area contributed by atoms with Crippen LogP contribution in [0, 0.1) is 12.8 Å². The standard InChI is InChI=1S/C25H21ClN2O5/c1-14-17(26)11-7-12-18(14)27-24(30)20-21(16-10-6-13-19(32-2)22(16)29)28(33-23(20)25(27)31)15-8-4-3-5-9-15/h3-13,20-21,23,29H,1-2H3/t20-,21-,23-/m1/s1. The van der Waals surface area contributed by atoms with Gasteiger partial charge in [0.1, 0.15) is 12.0 Å². The third-order valence-electron chi connectivity index (χ3n) is 6.17. The Labute approximate surface area is 195 Å². The number of aromatic hydroxyl groups is 1. The van der Waals surface area contributed by atoms with Gasteiger partial charge in [0, 0.05) is 10.6 Å². The molecule has 0 spiro atoms. The van der Waals surface area contributed by atoms with E-state index in [9.17, 15) is 14.7 Å². The minimum Gasteiger partial charge on any atom is -0.504 e. The van der Waals surface area contributed by atoms with Crippen LogP contribution >= 0.6 is 11.6 Å². The average molecular weight is 465 g/mol. The van der Waals surface area contributed by atoms with Crippen molar-refractivity contribution in [3.05, 3.63) is 82.9 Å². The molecule has 0 aliphatic carbocycles. The fourth-order valence-corrected chi connectivity index (χ4v) is 4.72. The van der Waals surface area contributed by atoms with Crippen molar-refractivity contribution in [1.29, 1.82) is 0 Å². The number of hydroxylamine groups is 1. The minimum absolute atomic E-state index is 0.104. The summed E-state index contributed by atoms with van der Waals surface area (Å²) in [7, 11) is 1.45. The summed E-state index contributed by atoms with van der Waals surface area (Å²) in [6.07, 6.45) is -1.05. The van der Waals surface area contributed by atoms with Crippen molar-refractivity contribution in [2.24, 2.45) is 5.92 Å². The molecule has 3 atom stereocenters. The highest BCUT2D eigenvalue weighted by Gasteiger charge is 2.61. The van der Waals surface area contributed by atoms with Gasteiger partial charge in [-0.15, -0.1) is 0 Å². The number of hydrogen-bond acceptors (Lipinski definition) is 6. The summed E-state index contributed by atoms with van der Waals surface area (Å²) in [5.41, 5.74) is 2.14. The monoisotopic (exact) mass is 464 g/mol. The van der Waals surface area contributed by atoms with Crippen LogP contribution in [0.2, 0.25) is 5.02 Å². The Morgan fingerprint density at radius 2 is 1.70 bits per heavy atom. The van der Waals surface area contributed by atoms with Crippen molar-refractivity contribution in [3.8, 4) is 11.5 Å². The molecule has 2 aliphatic heterocycles. The Morgan fingerprint density at radius 3 is 2.42 bits per heavy atom. The number of methoxy groups -OCH3 is 1. The molecule has 7 nitrogen and oxygen atoms in total. The van der Waals surface area contributed by atoms with Crippen molar-refractivity contribution < 1.29 is 24.3 Å². The maximum absolute atomic E-state index is 13.7. The van der Waals surface area contributed by atoms with Gasteiger partial charge in [-0.1, -0.05) is 48.0 Å². The van der Waals surface area contributed by atoms with Crippen LogP contribution in [0.15, 0.2) is 66.7 Å². The molecule has 0 radical (unpaired) electrons. The van der Waals surface area contributed by atoms with Gasteiger partial charge in [0.2, 0.25) is 5.91 Å². The van der Waals surface area contributed by atoms with E-state index in [0.717, 1.165) is 4.90 Å². The first-order valence-corrected chi connectivity index (χ1v) is 10.8. The summed E-state index contributed by atoms with van der Waals surface area (Å²) >= 11 is 6.25. The lowest BCUT2D eigenvalue weighted by atomic mass is 9.90. The second kappa shape index (κ2) is 8.10. The van der Waals surface area contributed by atoms with Crippen LogP contribution in [-0.4, -0.2) is 30.1 Å². The van der Waals surface area contributed by atoms with Crippen molar-refractivity contribution in [3.63, 3.8) is 0 Å². The zero-order valence-electron chi connectivity index (χ0n) is 17.9. The maximum atomic E-state index is 13.7. The number of halogens is 1. The number of phenols is 1. The summed E-state index contributed by atoms with van der Waals surface area (Å²) in [6.45, 7) is 1.76. The highest BCUT2D eigenvalue weighted by atomic mass is 35.5. The first-order valence-electron chi connectivity index (χ1n) is 10.4. The molecule has 1 N–H and O–H groups in total. The SMILES string of the molecule is COc1cccc([C@@H]2[C@H]3C(=O)N(c4cccc(Cl)c4C)C(=O)[C@@H]3ON2c2ccccc2)c1O. The molecular weight excluding hydrogens is 444 g/mol. The van der Waals surface area contributed by atoms with Gasteiger partial charge in [0.25, 0.3) is 5.91 Å². The smallest absolute Gasteiger partial charge is 0.266 e. The molecule has 0 saturated carbocycles. The second-order valence-electron chi connectivity index (χ2n) is 7.95. The van der Waals surface area contributed by atoms with Gasteiger partial charge in [-0.05, 0) is 42.8 Å². The number of rotatable bonds is 4. The number of carbonyl (C=O) groups is 2. The molecule has 33 heavy (non-hydrogen) atoms. The van der Waals surface area contributed by atoms with Crippen molar-refractivity contribution >= 4 is 34.8 Å². The second-order valence-corrected chi connectivity index (χ2v) is 8.36. The first kappa shape index (κ1) is 21.3. The van der Waals surface area contributed by atoms with Crippen LogP contribution < -0.4 is 14.7 Å². The fourth-order valence-electron chi connectivity index (χ4n) is 4.55. The van der Waals surface area contributed by atoms with Gasteiger partial charge in [-0.25, -0.2) is 9.96 Å². The molecule has 2 amide bonds. The molecule has 2 aliphatic rings. The average Bonchev–Trinajstić information content (AvgIpc) is 3.33. The molecule has 168 valence electrons. The van der Waals surface area contributed by atoms with Crippen LogP contribution in [0.5, 0.6) is 11.5 Å². The van der Waals surface area contributed by atoms with Gasteiger partial charge >= 0.3 is 0 Å². The number of hydrogen-bond donors (Lipinski definition) is 1. The number of carbonyl (C=O) groups excluding carboxylic acids is 2. The largest absolute Gasteiger partial charge is 0.504 e. The van der Waals surface area contributed by atoms with Crippen LogP contribution in [0.1, 0.15) is 17.2 Å². The molecule has 8 heteroatoms. The molecule has 5 rings (SSSR count). The van der Waals surface area contributed by atoms with E-state index < -0.39 is 29.9 Å². The number of ether oxygens (including phenoxy) is 1. The van der Waals surface area contributed by atoms with Gasteiger partial charge in [0.05, 0.1) is 18.5 Å². The molecule has 0 unspecified atom stereocenters. The summed E-state index contributed by atoms with van der Waals surface area (Å²) in [4.78, 5) is 34.4. The van der Waals surface area contributed by atoms with Gasteiger partial charge in [0.15, 0.2) is 17.6 Å². The highest BCUT2D eigenvalue weighted by molar-refractivity contribution is 6.32. The molecule has 2 heterocycles. The quantitative estimate of drug-likeness (QED) is 0.576. The van der Waals surface area contributed by atoms with E-state index in [2.05, 4.69) is 0 Å². The van der Waals surface area contributed by atoms with Gasteiger partial charge < -0.3 is 9.84 Å². The van der Waals surface area contributed by atoms with E-state index in [4.69, 9.17) is 21.2 Å². The number of fused-ring (bicyclic) bond motifs is 1. The molecule has 2 fully saturated rings. The van der Waals surface area contributed by atoms with E-state index in [1.165, 1.54) is 12.2 Å². The highest BCUT2D eigenvalue weighted by Crippen LogP contribution is 2.51. The van der Waals surface area contributed by atoms with Crippen LogP contribution in [0.25, 0.3) is 0 Å². The summed E-state index contributed by atoms with van der Waals surface area (Å²) in [5, 5.41) is 12.9. The third kappa shape index (κ3) is 3.23. The van der Waals surface area contributed by atoms with E-state index in [-0.39, 0.29) is 11.5 Å². The number of nitrogens with zero attached hydrogens (tertiary/aromatic N) is 2.